The molecule has 8 nitrogen and oxygen atoms in total. The number of pyridine rings is 1. The molecular weight excluding hydrogens is 518 g/mol. The van der Waals surface area contributed by atoms with Crippen LogP contribution in [0.2, 0.25) is 5.02 Å². The van der Waals surface area contributed by atoms with Crippen LogP contribution < -0.4 is 10.1 Å². The Morgan fingerprint density at radius 2 is 1.79 bits per heavy atom. The highest BCUT2D eigenvalue weighted by atomic mass is 35.5. The molecule has 0 radical (unpaired) electrons. The lowest BCUT2D eigenvalue weighted by Gasteiger charge is -2.36. The number of fused-ring (bicyclic) bond motifs is 1. The van der Waals surface area contributed by atoms with Crippen molar-refractivity contribution in [3.05, 3.63) is 47.1 Å². The number of phenolic OH excluding ortho intramolecular Hbond substituents is 1. The van der Waals surface area contributed by atoms with E-state index in [0.717, 1.165) is 53.4 Å². The molecule has 39 heavy (non-hydrogen) atoms. The molecule has 3 aromatic rings. The van der Waals surface area contributed by atoms with Crippen molar-refractivity contribution in [2.45, 2.75) is 71.1 Å². The third-order valence-corrected chi connectivity index (χ3v) is 7.39. The van der Waals surface area contributed by atoms with Crippen LogP contribution in [-0.4, -0.2) is 58.7 Å². The third-order valence-electron chi connectivity index (χ3n) is 7.10. The summed E-state index contributed by atoms with van der Waals surface area (Å²) in [7, 11) is 3.27. The number of nitrogens with one attached hydrogen (secondary N) is 1. The molecule has 1 heterocycles. The zero-order chi connectivity index (χ0) is 28.5. The number of ether oxygens (including phenoxy) is 2. The van der Waals surface area contributed by atoms with Gasteiger partial charge in [-0.3, -0.25) is 9.78 Å². The van der Waals surface area contributed by atoms with Gasteiger partial charge in [0.2, 0.25) is 0 Å². The summed E-state index contributed by atoms with van der Waals surface area (Å²) in [4.78, 5) is 31.4. The standard InChI is InChI=1S/C30H36ClN3O5/c1-17(35)23-16-32-25-12-7-18(19-14-24(31)28(36)26(15-19)38-6)13-22(25)27(23)33-20-8-10-21(11-9-20)34(5)29(37)39-30(2,3)4/h7,12-16,20-21,36H,8-11H2,1-6H3,(H,32,33)/t20-,21-. The molecule has 0 saturated heterocycles. The number of hydrogen-bond donors (Lipinski definition) is 2. The number of Topliss-reactive ketones (excluding diaryl/α,β-unsaturated/α-hetero) is 1. The van der Waals surface area contributed by atoms with Crippen LogP contribution in [0.1, 0.15) is 63.7 Å². The molecular formula is C30H36ClN3O5. The number of ketones is 1. The van der Waals surface area contributed by atoms with Crippen molar-refractivity contribution >= 4 is 40.1 Å². The van der Waals surface area contributed by atoms with Gasteiger partial charge in [-0.05, 0) is 88.8 Å². The van der Waals surface area contributed by atoms with Gasteiger partial charge in [-0.15, -0.1) is 0 Å². The van der Waals surface area contributed by atoms with Crippen molar-refractivity contribution in [3.63, 3.8) is 0 Å². The maximum absolute atomic E-state index is 12.6. The van der Waals surface area contributed by atoms with Crippen molar-refractivity contribution < 1.29 is 24.2 Å². The average molecular weight is 554 g/mol. The second-order valence-corrected chi connectivity index (χ2v) is 11.5. The van der Waals surface area contributed by atoms with Gasteiger partial charge >= 0.3 is 6.09 Å². The number of hydrogen-bond acceptors (Lipinski definition) is 7. The van der Waals surface area contributed by atoms with E-state index in [9.17, 15) is 14.7 Å². The van der Waals surface area contributed by atoms with Gasteiger partial charge in [0.25, 0.3) is 0 Å². The molecule has 2 N–H and O–H groups in total. The molecule has 1 fully saturated rings. The maximum Gasteiger partial charge on any atom is 0.410 e. The Labute approximate surface area is 234 Å². The Morgan fingerprint density at radius 1 is 1.10 bits per heavy atom. The third kappa shape index (κ3) is 6.38. The van der Waals surface area contributed by atoms with E-state index in [2.05, 4.69) is 10.3 Å². The maximum atomic E-state index is 12.6. The molecule has 1 aliphatic carbocycles. The quantitative estimate of drug-likeness (QED) is 0.315. The molecule has 208 valence electrons. The lowest BCUT2D eigenvalue weighted by atomic mass is 9.89. The molecule has 0 spiro atoms. The van der Waals surface area contributed by atoms with Gasteiger partial charge in [-0.2, -0.15) is 0 Å². The Hall–Kier alpha value is -3.52. The van der Waals surface area contributed by atoms with Crippen molar-refractivity contribution in [1.82, 2.24) is 9.88 Å². The largest absolute Gasteiger partial charge is 0.503 e. The molecule has 0 atom stereocenters. The second kappa shape index (κ2) is 11.3. The smallest absolute Gasteiger partial charge is 0.410 e. The van der Waals surface area contributed by atoms with Crippen molar-refractivity contribution in [2.75, 3.05) is 19.5 Å². The Morgan fingerprint density at radius 3 is 2.41 bits per heavy atom. The van der Waals surface area contributed by atoms with Gasteiger partial charge in [0.1, 0.15) is 5.60 Å². The number of phenols is 1. The predicted molar refractivity (Wildman–Crippen MR) is 154 cm³/mol. The van der Waals surface area contributed by atoms with Gasteiger partial charge < -0.3 is 24.8 Å². The molecule has 9 heteroatoms. The molecule has 0 bridgehead atoms. The summed E-state index contributed by atoms with van der Waals surface area (Å²) >= 11 is 6.25. The minimum Gasteiger partial charge on any atom is -0.503 e. The zero-order valence-electron chi connectivity index (χ0n) is 23.3. The molecule has 4 rings (SSSR count). The summed E-state index contributed by atoms with van der Waals surface area (Å²) in [5.74, 6) is 0.0872. The Kier molecular flexibility index (Phi) is 8.25. The highest BCUT2D eigenvalue weighted by Gasteiger charge is 2.30. The van der Waals surface area contributed by atoms with Crippen molar-refractivity contribution in [2.24, 2.45) is 0 Å². The fourth-order valence-corrected chi connectivity index (χ4v) is 5.20. The first-order chi connectivity index (χ1) is 18.4. The number of benzene rings is 2. The number of nitrogens with zero attached hydrogens (tertiary/aromatic N) is 2. The van der Waals surface area contributed by atoms with Gasteiger partial charge in [-0.1, -0.05) is 17.7 Å². The summed E-state index contributed by atoms with van der Waals surface area (Å²) in [6.45, 7) is 7.13. The monoisotopic (exact) mass is 553 g/mol. The minimum atomic E-state index is -0.537. The van der Waals surface area contributed by atoms with Crippen LogP contribution in [-0.2, 0) is 4.74 Å². The molecule has 0 unspecified atom stereocenters. The zero-order valence-corrected chi connectivity index (χ0v) is 24.1. The first kappa shape index (κ1) is 28.5. The van der Waals surface area contributed by atoms with E-state index in [0.29, 0.717) is 5.56 Å². The molecule has 1 amide bonds. The molecule has 1 aromatic heterocycles. The summed E-state index contributed by atoms with van der Waals surface area (Å²) < 4.78 is 10.8. The molecule has 1 aliphatic rings. The predicted octanol–water partition coefficient (Wildman–Crippen LogP) is 7.06. The van der Waals surface area contributed by atoms with Crippen LogP contribution in [0.15, 0.2) is 36.5 Å². The van der Waals surface area contributed by atoms with Crippen LogP contribution in [0.4, 0.5) is 10.5 Å². The molecule has 0 aliphatic heterocycles. The van der Waals surface area contributed by atoms with E-state index in [-0.39, 0.29) is 40.5 Å². The van der Waals surface area contributed by atoms with E-state index >= 15 is 0 Å². The van der Waals surface area contributed by atoms with Crippen LogP contribution in [0.5, 0.6) is 11.5 Å². The number of halogens is 1. The summed E-state index contributed by atoms with van der Waals surface area (Å²) in [5, 5.41) is 14.8. The number of amides is 1. The fraction of sp³-hybridized carbons (Fsp3) is 0.433. The van der Waals surface area contributed by atoms with E-state index in [1.807, 2.05) is 39.0 Å². The van der Waals surface area contributed by atoms with E-state index in [4.69, 9.17) is 21.1 Å². The SMILES string of the molecule is COc1cc(-c2ccc3ncc(C(C)=O)c(N[C@H]4CC[C@H](N(C)C(=O)OC(C)(C)C)CC4)c3c2)cc(Cl)c1O. The average Bonchev–Trinajstić information content (AvgIpc) is 2.89. The topological polar surface area (TPSA) is 101 Å². The number of methoxy groups -OCH3 is 1. The van der Waals surface area contributed by atoms with Crippen LogP contribution >= 0.6 is 11.6 Å². The Balaban J connectivity index is 1.61. The number of aromatic hydroxyl groups is 1. The van der Waals surface area contributed by atoms with E-state index in [1.165, 1.54) is 14.0 Å². The normalized spacial score (nSPS) is 17.5. The number of anilines is 1. The highest BCUT2D eigenvalue weighted by molar-refractivity contribution is 6.32. The number of carbonyl (C=O) groups is 2. The first-order valence-electron chi connectivity index (χ1n) is 13.1. The fourth-order valence-electron chi connectivity index (χ4n) is 4.99. The number of rotatable bonds is 6. The van der Waals surface area contributed by atoms with E-state index in [1.54, 1.807) is 30.3 Å². The number of aromatic nitrogens is 1. The van der Waals surface area contributed by atoms with Gasteiger partial charge in [-0.25, -0.2) is 4.79 Å². The van der Waals surface area contributed by atoms with Gasteiger partial charge in [0, 0.05) is 30.7 Å². The van der Waals surface area contributed by atoms with Crippen molar-refractivity contribution in [3.8, 4) is 22.6 Å². The van der Waals surface area contributed by atoms with Crippen LogP contribution in [0.25, 0.3) is 22.0 Å². The molecule has 2 aromatic carbocycles. The van der Waals surface area contributed by atoms with Crippen LogP contribution in [0.3, 0.4) is 0 Å². The van der Waals surface area contributed by atoms with Gasteiger partial charge in [0.05, 0.1) is 28.9 Å². The lowest BCUT2D eigenvalue weighted by Crippen LogP contribution is -2.43. The highest BCUT2D eigenvalue weighted by Crippen LogP contribution is 2.40. The summed E-state index contributed by atoms with van der Waals surface area (Å²) in [6.07, 6.45) is 4.63. The Bertz CT molecular complexity index is 1390. The number of carbonyl (C=O) groups excluding carboxylic acids is 2. The van der Waals surface area contributed by atoms with Gasteiger partial charge in [0.15, 0.2) is 17.3 Å². The first-order valence-corrected chi connectivity index (χ1v) is 13.5. The second-order valence-electron chi connectivity index (χ2n) is 11.1. The minimum absolute atomic E-state index is 0.0787. The van der Waals surface area contributed by atoms with E-state index < -0.39 is 5.60 Å². The molecule has 1 saturated carbocycles. The summed E-state index contributed by atoms with van der Waals surface area (Å²) in [6, 6.07) is 9.43. The van der Waals surface area contributed by atoms with Crippen molar-refractivity contribution in [1.29, 1.82) is 0 Å². The van der Waals surface area contributed by atoms with Crippen LogP contribution in [0, 0.1) is 0 Å². The summed E-state index contributed by atoms with van der Waals surface area (Å²) in [5.41, 5.74) is 3.09. The lowest BCUT2D eigenvalue weighted by molar-refractivity contribution is 0.0185.